The van der Waals surface area contributed by atoms with Crippen molar-refractivity contribution in [2.45, 2.75) is 31.6 Å². The number of hydrogen-bond acceptors (Lipinski definition) is 1. The minimum absolute atomic E-state index is 0.00194. The first-order valence-electron chi connectivity index (χ1n) is 7.20. The molecule has 0 radical (unpaired) electrons. The third-order valence-electron chi connectivity index (χ3n) is 3.27. The average molecular weight is 289 g/mol. The zero-order valence-electron chi connectivity index (χ0n) is 11.9. The van der Waals surface area contributed by atoms with E-state index in [4.69, 9.17) is 16.3 Å². The second kappa shape index (κ2) is 7.96. The van der Waals surface area contributed by atoms with E-state index in [-0.39, 0.29) is 5.38 Å². The molecule has 0 saturated heterocycles. The summed E-state index contributed by atoms with van der Waals surface area (Å²) in [6.07, 6.45) is 3.09. The van der Waals surface area contributed by atoms with Crippen LogP contribution < -0.4 is 4.74 Å². The maximum atomic E-state index is 6.48. The first-order chi connectivity index (χ1) is 9.79. The number of benzene rings is 2. The van der Waals surface area contributed by atoms with Crippen LogP contribution in [0.15, 0.2) is 54.6 Å². The fourth-order valence-corrected chi connectivity index (χ4v) is 2.37. The molecule has 0 aliphatic carbocycles. The van der Waals surface area contributed by atoms with Crippen LogP contribution in [0.4, 0.5) is 0 Å². The summed E-state index contributed by atoms with van der Waals surface area (Å²) in [5, 5.41) is 0.00194. The van der Waals surface area contributed by atoms with E-state index in [2.05, 4.69) is 31.2 Å². The van der Waals surface area contributed by atoms with Gasteiger partial charge in [0.1, 0.15) is 5.75 Å². The molecule has 0 aliphatic rings. The molecular weight excluding hydrogens is 268 g/mol. The van der Waals surface area contributed by atoms with Crippen LogP contribution in [0.25, 0.3) is 0 Å². The Bertz CT molecular complexity index is 493. The predicted molar refractivity (Wildman–Crippen MR) is 85.6 cm³/mol. The summed E-state index contributed by atoms with van der Waals surface area (Å²) in [5.41, 5.74) is 2.40. The maximum Gasteiger partial charge on any atom is 0.119 e. The average Bonchev–Trinajstić information content (AvgIpc) is 2.49. The van der Waals surface area contributed by atoms with Crippen molar-refractivity contribution in [3.05, 3.63) is 65.7 Å². The third-order valence-corrected chi connectivity index (χ3v) is 3.67. The zero-order valence-corrected chi connectivity index (χ0v) is 12.6. The predicted octanol–water partition coefficient (Wildman–Crippen LogP) is 5.39. The molecule has 0 spiro atoms. The van der Waals surface area contributed by atoms with Gasteiger partial charge in [-0.05, 0) is 36.1 Å². The second-order valence-corrected chi connectivity index (χ2v) is 5.46. The normalized spacial score (nSPS) is 12.1. The molecule has 2 aromatic rings. The molecule has 0 fully saturated rings. The number of alkyl halides is 1. The molecule has 0 heterocycles. The van der Waals surface area contributed by atoms with Gasteiger partial charge in [0.05, 0.1) is 12.0 Å². The molecule has 0 amide bonds. The van der Waals surface area contributed by atoms with E-state index < -0.39 is 0 Å². The fourth-order valence-electron chi connectivity index (χ4n) is 2.05. The zero-order chi connectivity index (χ0) is 14.2. The summed E-state index contributed by atoms with van der Waals surface area (Å²) in [6, 6.07) is 18.5. The Morgan fingerprint density at radius 1 is 1.00 bits per heavy atom. The highest BCUT2D eigenvalue weighted by Gasteiger charge is 2.08. The molecule has 1 unspecified atom stereocenters. The van der Waals surface area contributed by atoms with Crippen LogP contribution in [-0.2, 0) is 6.42 Å². The molecular formula is C18H21ClO. The smallest absolute Gasteiger partial charge is 0.119 e. The summed E-state index contributed by atoms with van der Waals surface area (Å²) in [6.45, 7) is 2.94. The first-order valence-corrected chi connectivity index (χ1v) is 7.64. The van der Waals surface area contributed by atoms with Gasteiger partial charge in [0.15, 0.2) is 0 Å². The molecule has 0 aromatic heterocycles. The highest BCUT2D eigenvalue weighted by Crippen LogP contribution is 2.26. The quantitative estimate of drug-likeness (QED) is 0.490. The Balaban J connectivity index is 1.92. The molecule has 0 bridgehead atoms. The van der Waals surface area contributed by atoms with Crippen molar-refractivity contribution in [2.75, 3.05) is 6.61 Å². The fraction of sp³-hybridized carbons (Fsp3) is 0.333. The van der Waals surface area contributed by atoms with E-state index in [1.54, 1.807) is 0 Å². The minimum atomic E-state index is 0.00194. The van der Waals surface area contributed by atoms with Gasteiger partial charge in [-0.15, -0.1) is 11.6 Å². The summed E-state index contributed by atoms with van der Waals surface area (Å²) < 4.78 is 5.66. The molecule has 0 N–H and O–H groups in total. The molecule has 2 aromatic carbocycles. The van der Waals surface area contributed by atoms with Gasteiger partial charge >= 0.3 is 0 Å². The van der Waals surface area contributed by atoms with E-state index in [1.807, 2.05) is 30.3 Å². The van der Waals surface area contributed by atoms with Gasteiger partial charge in [0, 0.05) is 0 Å². The Hall–Kier alpha value is -1.47. The second-order valence-electron chi connectivity index (χ2n) is 4.93. The van der Waals surface area contributed by atoms with Crippen LogP contribution in [-0.4, -0.2) is 6.61 Å². The molecule has 106 valence electrons. The number of halogens is 1. The number of ether oxygens (including phenoxy) is 1. The van der Waals surface area contributed by atoms with Crippen molar-refractivity contribution in [1.29, 1.82) is 0 Å². The van der Waals surface area contributed by atoms with Gasteiger partial charge in [0.2, 0.25) is 0 Å². The standard InChI is InChI=1S/C18H21ClO/c1-2-3-13-20-17-11-9-16(10-12-17)18(19)14-15-7-5-4-6-8-15/h4-12,18H,2-3,13-14H2,1H3. The Morgan fingerprint density at radius 2 is 1.70 bits per heavy atom. The third kappa shape index (κ3) is 4.57. The van der Waals surface area contributed by atoms with E-state index in [9.17, 15) is 0 Å². The molecule has 1 nitrogen and oxygen atoms in total. The van der Waals surface area contributed by atoms with Crippen LogP contribution in [0.1, 0.15) is 36.3 Å². The van der Waals surface area contributed by atoms with Crippen LogP contribution in [0.3, 0.4) is 0 Å². The van der Waals surface area contributed by atoms with E-state index in [0.717, 1.165) is 37.2 Å². The molecule has 20 heavy (non-hydrogen) atoms. The van der Waals surface area contributed by atoms with Crippen molar-refractivity contribution >= 4 is 11.6 Å². The summed E-state index contributed by atoms with van der Waals surface area (Å²) in [4.78, 5) is 0. The van der Waals surface area contributed by atoms with Crippen LogP contribution in [0.2, 0.25) is 0 Å². The van der Waals surface area contributed by atoms with Crippen LogP contribution in [0, 0.1) is 0 Å². The molecule has 2 rings (SSSR count). The minimum Gasteiger partial charge on any atom is -0.494 e. The van der Waals surface area contributed by atoms with Gasteiger partial charge in [-0.1, -0.05) is 55.8 Å². The summed E-state index contributed by atoms with van der Waals surface area (Å²) in [7, 11) is 0. The Labute approximate surface area is 126 Å². The van der Waals surface area contributed by atoms with Crippen molar-refractivity contribution < 1.29 is 4.74 Å². The lowest BCUT2D eigenvalue weighted by Gasteiger charge is -2.11. The number of rotatable bonds is 7. The maximum absolute atomic E-state index is 6.48. The van der Waals surface area contributed by atoms with Crippen LogP contribution >= 0.6 is 11.6 Å². The summed E-state index contributed by atoms with van der Waals surface area (Å²) in [5.74, 6) is 0.922. The lowest BCUT2D eigenvalue weighted by molar-refractivity contribution is 0.309. The van der Waals surface area contributed by atoms with Crippen molar-refractivity contribution in [3.8, 4) is 5.75 Å². The highest BCUT2D eigenvalue weighted by molar-refractivity contribution is 6.20. The van der Waals surface area contributed by atoms with Gasteiger partial charge in [-0.25, -0.2) is 0 Å². The Morgan fingerprint density at radius 3 is 2.35 bits per heavy atom. The van der Waals surface area contributed by atoms with Gasteiger partial charge in [-0.2, -0.15) is 0 Å². The number of unbranched alkanes of at least 4 members (excludes halogenated alkanes) is 1. The van der Waals surface area contributed by atoms with E-state index in [1.165, 1.54) is 5.56 Å². The number of hydrogen-bond donors (Lipinski definition) is 0. The van der Waals surface area contributed by atoms with Gasteiger partial charge in [-0.3, -0.25) is 0 Å². The van der Waals surface area contributed by atoms with Crippen molar-refractivity contribution in [1.82, 2.24) is 0 Å². The topological polar surface area (TPSA) is 9.23 Å². The first kappa shape index (κ1) is 14.9. The molecule has 0 saturated carbocycles. The molecule has 0 aliphatic heterocycles. The lowest BCUT2D eigenvalue weighted by Crippen LogP contribution is -1.98. The lowest BCUT2D eigenvalue weighted by atomic mass is 10.0. The van der Waals surface area contributed by atoms with Crippen molar-refractivity contribution in [2.24, 2.45) is 0 Å². The molecule has 2 heteroatoms. The molecule has 1 atom stereocenters. The van der Waals surface area contributed by atoms with Crippen LogP contribution in [0.5, 0.6) is 5.75 Å². The van der Waals surface area contributed by atoms with E-state index >= 15 is 0 Å². The monoisotopic (exact) mass is 288 g/mol. The van der Waals surface area contributed by atoms with Crippen molar-refractivity contribution in [3.63, 3.8) is 0 Å². The largest absolute Gasteiger partial charge is 0.494 e. The van der Waals surface area contributed by atoms with Gasteiger partial charge in [0.25, 0.3) is 0 Å². The SMILES string of the molecule is CCCCOc1ccc(C(Cl)Cc2ccccc2)cc1. The van der Waals surface area contributed by atoms with E-state index in [0.29, 0.717) is 0 Å². The summed E-state index contributed by atoms with van der Waals surface area (Å²) >= 11 is 6.48. The van der Waals surface area contributed by atoms with Gasteiger partial charge < -0.3 is 4.74 Å². The highest BCUT2D eigenvalue weighted by atomic mass is 35.5. The Kier molecular flexibility index (Phi) is 5.94.